The number of hydrogen-bond donors (Lipinski definition) is 1. The molecule has 0 bridgehead atoms. The third-order valence-corrected chi connectivity index (χ3v) is 4.10. The Morgan fingerprint density at radius 1 is 1.06 bits per heavy atom. The van der Waals surface area contributed by atoms with E-state index in [9.17, 15) is 9.90 Å². The van der Waals surface area contributed by atoms with E-state index >= 15 is 0 Å². The maximum Gasteiger partial charge on any atom is 2.00 e. The Hall–Kier alpha value is -2.34. The molecule has 0 atom stereocenters. The zero-order chi connectivity index (χ0) is 23.7. The van der Waals surface area contributed by atoms with Gasteiger partial charge in [-0.15, -0.1) is 28.9 Å². The molecule has 9 heteroatoms. The van der Waals surface area contributed by atoms with Crippen LogP contribution in [0.5, 0.6) is 0 Å². The summed E-state index contributed by atoms with van der Waals surface area (Å²) in [7, 11) is 0. The van der Waals surface area contributed by atoms with Crippen LogP contribution in [0.1, 0.15) is 49.4 Å². The molecule has 178 valence electrons. The first-order valence-corrected chi connectivity index (χ1v) is 11.2. The fraction of sp³-hybridized carbons (Fsp3) is 0.292. The maximum absolute atomic E-state index is 12.3. The van der Waals surface area contributed by atoms with E-state index < -0.39 is 0 Å². The van der Waals surface area contributed by atoms with Crippen molar-refractivity contribution in [2.24, 2.45) is 9.98 Å². The van der Waals surface area contributed by atoms with E-state index in [1.54, 1.807) is 24.3 Å². The van der Waals surface area contributed by atoms with Gasteiger partial charge in [0.2, 0.25) is 5.91 Å². The summed E-state index contributed by atoms with van der Waals surface area (Å²) in [6.07, 6.45) is 3.45. The number of rotatable bonds is 6. The van der Waals surface area contributed by atoms with Gasteiger partial charge in [0.05, 0.1) is 16.7 Å². The molecule has 2 aromatic rings. The van der Waals surface area contributed by atoms with Gasteiger partial charge in [0.1, 0.15) is 0 Å². The predicted octanol–water partition coefficient (Wildman–Crippen LogP) is 4.14. The molecule has 0 spiro atoms. The summed E-state index contributed by atoms with van der Waals surface area (Å²) in [5, 5.41) is 15.3. The fourth-order valence-corrected chi connectivity index (χ4v) is 2.92. The first-order chi connectivity index (χ1) is 15.3. The van der Waals surface area contributed by atoms with E-state index in [1.165, 1.54) is 0 Å². The summed E-state index contributed by atoms with van der Waals surface area (Å²) < 4.78 is 0. The van der Waals surface area contributed by atoms with Gasteiger partial charge in [-0.3, -0.25) is 9.79 Å². The molecule has 1 aliphatic rings. The molecule has 0 unspecified atom stereocenters. The second-order valence-electron chi connectivity index (χ2n) is 7.43. The number of aliphatic imine (C=N–C) groups is 2. The Labute approximate surface area is 214 Å². The summed E-state index contributed by atoms with van der Waals surface area (Å²) in [4.78, 5) is 25.4. The number of aromatic nitrogens is 1. The van der Waals surface area contributed by atoms with Gasteiger partial charge in [-0.2, -0.15) is 0 Å². The minimum Gasteiger partial charge on any atom is -0.857 e. The van der Waals surface area contributed by atoms with Gasteiger partial charge < -0.3 is 15.4 Å². The first-order valence-electron chi connectivity index (χ1n) is 10.1. The van der Waals surface area contributed by atoms with Crippen molar-refractivity contribution in [2.45, 2.75) is 39.8 Å². The average molecular weight is 532 g/mol. The summed E-state index contributed by atoms with van der Waals surface area (Å²) in [5.74, 6) is -0.563. The molecule has 1 N–H and O–H groups in total. The van der Waals surface area contributed by atoms with Crippen LogP contribution in [-0.2, 0) is 16.5 Å². The average Bonchev–Trinajstić information content (AvgIpc) is 3.39. The van der Waals surface area contributed by atoms with Crippen LogP contribution < -0.4 is 15.4 Å². The van der Waals surface area contributed by atoms with Crippen molar-refractivity contribution in [3.63, 3.8) is 0 Å². The number of carbonyl (C=O) groups excluding carboxylic acids is 1. The summed E-state index contributed by atoms with van der Waals surface area (Å²) in [6.45, 7) is 7.50. The Balaban J connectivity index is 0.00000129. The molecule has 0 fully saturated rings. The Morgan fingerprint density at radius 3 is 2.24 bits per heavy atom. The largest absolute Gasteiger partial charge is 2.00 e. The number of amides is 1. The number of alkyl halides is 2. The van der Waals surface area contributed by atoms with Crippen molar-refractivity contribution in [3.8, 4) is 0 Å². The monoisotopic (exact) mass is 530 g/mol. The number of hydrogen-bond acceptors (Lipinski definition) is 4. The molecule has 33 heavy (non-hydrogen) atoms. The summed E-state index contributed by atoms with van der Waals surface area (Å²) in [6, 6.07) is 13.1. The van der Waals surface area contributed by atoms with E-state index in [2.05, 4.69) is 20.3 Å². The molecule has 1 aliphatic heterocycles. The van der Waals surface area contributed by atoms with E-state index in [4.69, 9.17) is 23.2 Å². The van der Waals surface area contributed by atoms with Crippen molar-refractivity contribution in [3.05, 3.63) is 77.3 Å². The van der Waals surface area contributed by atoms with Crippen molar-refractivity contribution in [1.82, 2.24) is 10.3 Å². The molecule has 0 saturated heterocycles. The number of nitrogens with one attached hydrogen (secondary N) is 1. The Bertz CT molecular complexity index is 1040. The summed E-state index contributed by atoms with van der Waals surface area (Å²) in [5.41, 5.74) is 3.55. The Morgan fingerprint density at radius 2 is 1.67 bits per heavy atom. The zero-order valence-electron chi connectivity index (χ0n) is 18.8. The van der Waals surface area contributed by atoms with Gasteiger partial charge in [-0.25, -0.2) is 4.99 Å². The van der Waals surface area contributed by atoms with E-state index in [0.29, 0.717) is 22.8 Å². The number of allylic oxidation sites excluding steroid dienone is 1. The Kier molecular flexibility index (Phi) is 12.2. The predicted molar refractivity (Wildman–Crippen MR) is 131 cm³/mol. The van der Waals surface area contributed by atoms with Crippen LogP contribution in [0, 0.1) is 0 Å². The van der Waals surface area contributed by atoms with E-state index in [-0.39, 0.29) is 45.7 Å². The molecular weight excluding hydrogens is 506 g/mol. The number of nitrogens with zero attached hydrogens (tertiary/aromatic N) is 3. The van der Waals surface area contributed by atoms with Gasteiger partial charge in [0, 0.05) is 18.0 Å². The molecule has 0 aliphatic carbocycles. The maximum atomic E-state index is 12.3. The van der Waals surface area contributed by atoms with Crippen molar-refractivity contribution in [1.29, 1.82) is 0 Å². The molecule has 2 heterocycles. The van der Waals surface area contributed by atoms with E-state index in [0.717, 1.165) is 11.1 Å². The van der Waals surface area contributed by atoms with Crippen molar-refractivity contribution in [2.75, 3.05) is 5.34 Å². The standard InChI is InChI=1S/C23H26N4O2.CH2Cl2.Ni/c1-14(2)24-22(28)19-12-10-17(26-19)21(16-8-6-5-7-9-16)18-11-13-20(27-18)23(29)25-15(3)4;2-1-3;/h5-15H,1-4H3,(H3,24,25,26,27,28,29);1H2;/q;;+2/p-2. The molecular formula is C24H26Cl2N4NiO2. The molecule has 1 amide bonds. The second-order valence-corrected chi connectivity index (χ2v) is 8.24. The van der Waals surface area contributed by atoms with Crippen molar-refractivity contribution < 1.29 is 26.4 Å². The van der Waals surface area contributed by atoms with Gasteiger partial charge in [-0.05, 0) is 51.0 Å². The number of carbonyl (C=O) groups is 1. The van der Waals surface area contributed by atoms with Crippen LogP contribution >= 0.6 is 23.2 Å². The van der Waals surface area contributed by atoms with Gasteiger partial charge in [-0.1, -0.05) is 48.2 Å². The van der Waals surface area contributed by atoms with Gasteiger partial charge >= 0.3 is 16.5 Å². The molecule has 3 rings (SSSR count). The molecule has 0 radical (unpaired) electrons. The second kappa shape index (κ2) is 14.0. The minimum atomic E-state index is -0.342. The van der Waals surface area contributed by atoms with Crippen LogP contribution in [0.4, 0.5) is 0 Å². The van der Waals surface area contributed by atoms with Crippen LogP contribution in [-0.4, -0.2) is 34.9 Å². The molecule has 1 aromatic heterocycles. The fourth-order valence-electron chi connectivity index (χ4n) is 2.92. The quantitative estimate of drug-likeness (QED) is 0.263. The SMILES string of the molecule is CC(C)N=C([O-])C1=N/C(=C(/c2ccccc2)c2ccc(C(=O)NC(C)C)[n-]2)C=C1.ClCCl.[Ni+2]. The third-order valence-electron chi connectivity index (χ3n) is 4.10. The van der Waals surface area contributed by atoms with Gasteiger partial charge in [0.25, 0.3) is 0 Å². The molecule has 6 nitrogen and oxygen atoms in total. The van der Waals surface area contributed by atoms with Crippen LogP contribution in [0.3, 0.4) is 0 Å². The topological polar surface area (TPSA) is 91.0 Å². The zero-order valence-corrected chi connectivity index (χ0v) is 21.3. The molecule has 1 aromatic carbocycles. The minimum absolute atomic E-state index is 0. The van der Waals surface area contributed by atoms with Crippen molar-refractivity contribution >= 4 is 46.3 Å². The third kappa shape index (κ3) is 8.50. The first kappa shape index (κ1) is 28.7. The van der Waals surface area contributed by atoms with Crippen LogP contribution in [0.25, 0.3) is 5.57 Å². The number of benzene rings is 1. The van der Waals surface area contributed by atoms with Crippen LogP contribution in [0.15, 0.2) is 70.3 Å². The van der Waals surface area contributed by atoms with Crippen LogP contribution in [0.2, 0.25) is 0 Å². The normalized spacial score (nSPS) is 14.4. The van der Waals surface area contributed by atoms with E-state index in [1.807, 2.05) is 58.0 Å². The van der Waals surface area contributed by atoms with Gasteiger partial charge in [0.15, 0.2) is 0 Å². The molecule has 0 saturated carbocycles. The smallest absolute Gasteiger partial charge is 0.857 e. The summed E-state index contributed by atoms with van der Waals surface area (Å²) >= 11 is 9.53. The number of halogens is 2.